The van der Waals surface area contributed by atoms with E-state index in [-0.39, 0.29) is 0 Å². The largest absolute Gasteiger partial charge is 0.264 e. The molecule has 0 bridgehead atoms. The molecule has 0 aliphatic heterocycles. The Hall–Kier alpha value is -6.45. The van der Waals surface area contributed by atoms with E-state index in [0.717, 1.165) is 33.9 Å². The molecule has 2 heterocycles. The fourth-order valence-corrected chi connectivity index (χ4v) is 8.00. The molecule has 0 saturated heterocycles. The number of pyridine rings is 1. The number of hydrogen-bond donors (Lipinski definition) is 0. The molecule has 1 aliphatic rings. The molecule has 1 aliphatic carbocycles. The van der Waals surface area contributed by atoms with Crippen LogP contribution in [0.3, 0.4) is 0 Å². The number of benzene rings is 6. The van der Waals surface area contributed by atoms with Gasteiger partial charge in [0.15, 0.2) is 0 Å². The van der Waals surface area contributed by atoms with Crippen LogP contribution in [-0.2, 0) is 5.41 Å². The number of rotatable bonds is 6. The Kier molecular flexibility index (Phi) is 7.48. The lowest BCUT2D eigenvalue weighted by Gasteiger charge is -2.34. The van der Waals surface area contributed by atoms with Gasteiger partial charge in [-0.15, -0.1) is 0 Å². The summed E-state index contributed by atoms with van der Waals surface area (Å²) in [6, 6.07) is 59.2. The number of aryl methyl sites for hydroxylation is 2. The van der Waals surface area contributed by atoms with E-state index in [4.69, 9.17) is 9.97 Å². The molecule has 0 saturated carbocycles. The van der Waals surface area contributed by atoms with Gasteiger partial charge in [-0.1, -0.05) is 146 Å². The molecule has 0 spiro atoms. The van der Waals surface area contributed by atoms with Gasteiger partial charge in [-0.2, -0.15) is 0 Å². The highest BCUT2D eigenvalue weighted by molar-refractivity contribution is 5.96. The number of aromatic nitrogens is 3. The van der Waals surface area contributed by atoms with Crippen LogP contribution in [0.1, 0.15) is 33.6 Å². The van der Waals surface area contributed by atoms with Crippen molar-refractivity contribution in [3.05, 3.63) is 210 Å². The first-order valence-electron chi connectivity index (χ1n) is 17.4. The second-order valence-corrected chi connectivity index (χ2v) is 13.3. The summed E-state index contributed by atoms with van der Waals surface area (Å²) < 4.78 is 0. The average molecular weight is 654 g/mol. The lowest BCUT2D eigenvalue weighted by Crippen LogP contribution is -2.28. The zero-order valence-electron chi connectivity index (χ0n) is 28.6. The van der Waals surface area contributed by atoms with E-state index in [0.29, 0.717) is 0 Å². The van der Waals surface area contributed by atoms with Gasteiger partial charge in [0.25, 0.3) is 0 Å². The van der Waals surface area contributed by atoms with Crippen LogP contribution in [0.4, 0.5) is 0 Å². The molecule has 6 aromatic carbocycles. The van der Waals surface area contributed by atoms with Crippen LogP contribution in [0.2, 0.25) is 0 Å². The Morgan fingerprint density at radius 2 is 1.06 bits per heavy atom. The Morgan fingerprint density at radius 3 is 1.75 bits per heavy atom. The molecule has 8 aromatic rings. The van der Waals surface area contributed by atoms with Gasteiger partial charge in [0.1, 0.15) is 5.82 Å². The minimum absolute atomic E-state index is 0.545. The first kappa shape index (κ1) is 30.6. The fraction of sp³-hybridized carbons (Fsp3) is 0.0625. The van der Waals surface area contributed by atoms with Crippen molar-refractivity contribution in [2.45, 2.75) is 19.3 Å². The van der Waals surface area contributed by atoms with Crippen LogP contribution in [0.25, 0.3) is 55.9 Å². The second kappa shape index (κ2) is 12.5. The first-order chi connectivity index (χ1) is 25.1. The summed E-state index contributed by atoms with van der Waals surface area (Å²) in [5.41, 5.74) is 16.8. The van der Waals surface area contributed by atoms with Crippen molar-refractivity contribution in [1.29, 1.82) is 0 Å². The number of hydrogen-bond acceptors (Lipinski definition) is 3. The first-order valence-corrected chi connectivity index (χ1v) is 17.4. The van der Waals surface area contributed by atoms with Gasteiger partial charge in [-0.25, -0.2) is 9.97 Å². The van der Waals surface area contributed by atoms with Gasteiger partial charge in [-0.3, -0.25) is 4.98 Å². The third kappa shape index (κ3) is 5.09. The second-order valence-electron chi connectivity index (χ2n) is 13.3. The van der Waals surface area contributed by atoms with Crippen molar-refractivity contribution in [3.63, 3.8) is 0 Å². The van der Waals surface area contributed by atoms with Crippen molar-refractivity contribution in [2.75, 3.05) is 0 Å². The molecule has 0 amide bonds. The van der Waals surface area contributed by atoms with E-state index in [1.807, 2.05) is 25.4 Å². The van der Waals surface area contributed by atoms with Gasteiger partial charge in [0, 0.05) is 29.1 Å². The molecule has 0 N–H and O–H groups in total. The summed E-state index contributed by atoms with van der Waals surface area (Å²) in [5.74, 6) is 0.750. The molecule has 0 unspecified atom stereocenters. The number of fused-ring (bicyclic) bond motifs is 3. The highest BCUT2D eigenvalue weighted by atomic mass is 14.9. The smallest absolute Gasteiger partial charge is 0.126 e. The highest BCUT2D eigenvalue weighted by Crippen LogP contribution is 2.58. The monoisotopic (exact) mass is 653 g/mol. The van der Waals surface area contributed by atoms with E-state index in [9.17, 15) is 0 Å². The molecule has 0 fully saturated rings. The lowest BCUT2D eigenvalue weighted by atomic mass is 9.67. The average Bonchev–Trinajstić information content (AvgIpc) is 3.49. The molecule has 242 valence electrons. The van der Waals surface area contributed by atoms with E-state index >= 15 is 0 Å². The molecule has 2 aromatic heterocycles. The van der Waals surface area contributed by atoms with Gasteiger partial charge < -0.3 is 0 Å². The zero-order chi connectivity index (χ0) is 34.4. The maximum absolute atomic E-state index is 5.06. The van der Waals surface area contributed by atoms with Crippen LogP contribution in [0.5, 0.6) is 0 Å². The van der Waals surface area contributed by atoms with Gasteiger partial charge in [0.2, 0.25) is 0 Å². The molecule has 0 radical (unpaired) electrons. The van der Waals surface area contributed by atoms with Crippen LogP contribution < -0.4 is 0 Å². The SMILES string of the molecule is Cc1nc(-c2ccccc2)cc(-c2cccc3c2-c2ccc(-c4ccc(-c5cnccc5C)cc4)cc2C3(c2ccccc2)c2ccccc2)n1. The van der Waals surface area contributed by atoms with Crippen molar-refractivity contribution >= 4 is 0 Å². The molecular weight excluding hydrogens is 619 g/mol. The van der Waals surface area contributed by atoms with Gasteiger partial charge >= 0.3 is 0 Å². The third-order valence-corrected chi connectivity index (χ3v) is 10.3. The summed E-state index contributed by atoms with van der Waals surface area (Å²) >= 11 is 0. The van der Waals surface area contributed by atoms with Crippen LogP contribution in [0, 0.1) is 13.8 Å². The Bertz CT molecular complexity index is 2480. The Balaban J connectivity index is 1.30. The number of nitrogens with zero attached hydrogens (tertiary/aromatic N) is 3. The minimum Gasteiger partial charge on any atom is -0.264 e. The third-order valence-electron chi connectivity index (χ3n) is 10.3. The van der Waals surface area contributed by atoms with Crippen molar-refractivity contribution in [2.24, 2.45) is 0 Å². The molecule has 9 rings (SSSR count). The summed E-state index contributed by atoms with van der Waals surface area (Å²) in [7, 11) is 0. The van der Waals surface area contributed by atoms with Crippen LogP contribution in [0.15, 0.2) is 176 Å². The van der Waals surface area contributed by atoms with Crippen molar-refractivity contribution < 1.29 is 0 Å². The standard InChI is InChI=1S/C48H35N3/c1-32-27-28-49-31-42(32)35-23-21-34(22-24-35)37-25-26-40-44(29-37)48(38-15-8-4-9-16-38,39-17-10-5-11-18-39)43-20-12-19-41(47(40)43)46-30-45(50-33(2)51-46)36-13-6-3-7-14-36/h3-31H,1-2H3. The molecular formula is C48H35N3. The Morgan fingerprint density at radius 1 is 0.431 bits per heavy atom. The van der Waals surface area contributed by atoms with E-state index in [1.165, 1.54) is 55.6 Å². The molecule has 51 heavy (non-hydrogen) atoms. The maximum Gasteiger partial charge on any atom is 0.126 e. The van der Waals surface area contributed by atoms with Gasteiger partial charge in [0.05, 0.1) is 16.8 Å². The van der Waals surface area contributed by atoms with Crippen molar-refractivity contribution in [1.82, 2.24) is 15.0 Å². The van der Waals surface area contributed by atoms with E-state index in [2.05, 4.69) is 170 Å². The summed E-state index contributed by atoms with van der Waals surface area (Å²) in [5, 5.41) is 0. The quantitative estimate of drug-likeness (QED) is 0.179. The molecule has 3 nitrogen and oxygen atoms in total. The molecule has 3 heteroatoms. The topological polar surface area (TPSA) is 38.7 Å². The lowest BCUT2D eigenvalue weighted by molar-refractivity contribution is 0.769. The summed E-state index contributed by atoms with van der Waals surface area (Å²) in [6.45, 7) is 4.12. The predicted octanol–water partition coefficient (Wildman–Crippen LogP) is 11.5. The van der Waals surface area contributed by atoms with Crippen LogP contribution in [-0.4, -0.2) is 15.0 Å². The summed E-state index contributed by atoms with van der Waals surface area (Å²) in [4.78, 5) is 14.3. The maximum atomic E-state index is 5.06. The Labute approximate surface area is 299 Å². The normalized spacial score (nSPS) is 12.7. The van der Waals surface area contributed by atoms with E-state index < -0.39 is 5.41 Å². The summed E-state index contributed by atoms with van der Waals surface area (Å²) in [6.07, 6.45) is 3.80. The van der Waals surface area contributed by atoms with E-state index in [1.54, 1.807) is 0 Å². The molecule has 0 atom stereocenters. The van der Waals surface area contributed by atoms with Crippen molar-refractivity contribution in [3.8, 4) is 55.9 Å². The highest BCUT2D eigenvalue weighted by Gasteiger charge is 2.47. The predicted molar refractivity (Wildman–Crippen MR) is 208 cm³/mol. The van der Waals surface area contributed by atoms with Crippen LogP contribution >= 0.6 is 0 Å². The zero-order valence-corrected chi connectivity index (χ0v) is 28.6. The fourth-order valence-electron chi connectivity index (χ4n) is 8.00. The van der Waals surface area contributed by atoms with Gasteiger partial charge in [-0.05, 0) is 87.7 Å². The minimum atomic E-state index is -0.545.